The first kappa shape index (κ1) is 40.1. The van der Waals surface area contributed by atoms with Crippen molar-refractivity contribution in [2.45, 2.75) is 0 Å². The molecule has 0 aliphatic heterocycles. The fourth-order valence-electron chi connectivity index (χ4n) is 11.9. The van der Waals surface area contributed by atoms with Crippen molar-refractivity contribution in [1.82, 2.24) is 13.7 Å². The molecule has 14 rings (SSSR count). The number of aromatic nitrogens is 3. The van der Waals surface area contributed by atoms with Gasteiger partial charge in [-0.15, -0.1) is 0 Å². The Bertz CT molecular complexity index is 4130. The van der Waals surface area contributed by atoms with Crippen molar-refractivity contribution in [2.75, 3.05) is 0 Å². The van der Waals surface area contributed by atoms with Crippen LogP contribution in [0.3, 0.4) is 0 Å². The normalized spacial score (nSPS) is 12.0. The first-order valence-electron chi connectivity index (χ1n) is 24.2. The van der Waals surface area contributed by atoms with E-state index in [4.69, 9.17) is 0 Å². The number of para-hydroxylation sites is 5. The summed E-state index contributed by atoms with van der Waals surface area (Å²) in [5.74, 6) is 0. The molecular weight excluding hydrogens is 863 g/mol. The lowest BCUT2D eigenvalue weighted by Crippen LogP contribution is -2.74. The van der Waals surface area contributed by atoms with Gasteiger partial charge in [-0.05, 0) is 74.8 Å². The molecule has 0 aliphatic rings. The Kier molecular flexibility index (Phi) is 9.23. The molecule has 0 amide bonds. The molecule has 0 radical (unpaired) electrons. The minimum Gasteiger partial charge on any atom is -0.309 e. The Labute approximate surface area is 407 Å². The quantitative estimate of drug-likeness (QED) is 0.107. The van der Waals surface area contributed by atoms with Crippen molar-refractivity contribution in [3.8, 4) is 28.2 Å². The van der Waals surface area contributed by atoms with Crippen molar-refractivity contribution in [2.24, 2.45) is 0 Å². The van der Waals surface area contributed by atoms with Crippen molar-refractivity contribution in [3.05, 3.63) is 273 Å². The third-order valence-electron chi connectivity index (χ3n) is 14.8. The Morgan fingerprint density at radius 3 is 1.29 bits per heavy atom. The average Bonchev–Trinajstić information content (AvgIpc) is 4.08. The highest BCUT2D eigenvalue weighted by molar-refractivity contribution is 7.20. The number of nitrogens with zero attached hydrogens (tertiary/aromatic N) is 3. The van der Waals surface area contributed by atoms with Crippen LogP contribution < -0.4 is 20.7 Å². The lowest BCUT2D eigenvalue weighted by atomic mass is 10.0. The molecule has 0 aliphatic carbocycles. The van der Waals surface area contributed by atoms with Gasteiger partial charge in [-0.3, -0.25) is 0 Å². The summed E-state index contributed by atoms with van der Waals surface area (Å²) in [6.45, 7) is 0. The second kappa shape index (κ2) is 16.1. The number of fused-ring (bicyclic) bond motifs is 9. The Morgan fingerprint density at radius 2 is 0.671 bits per heavy atom. The summed E-state index contributed by atoms with van der Waals surface area (Å²) >= 11 is 0. The molecule has 0 saturated heterocycles. The van der Waals surface area contributed by atoms with Gasteiger partial charge in [0.1, 0.15) is 0 Å². The van der Waals surface area contributed by atoms with Crippen LogP contribution in [0.5, 0.6) is 0 Å². The second-order valence-electron chi connectivity index (χ2n) is 18.4. The largest absolute Gasteiger partial charge is 0.309 e. The molecule has 3 heterocycles. The molecule has 3 aromatic heterocycles. The van der Waals surface area contributed by atoms with E-state index in [0.29, 0.717) is 0 Å². The smallest absolute Gasteiger partial charge is 0.179 e. The molecule has 0 unspecified atom stereocenters. The van der Waals surface area contributed by atoms with Crippen LogP contribution in [-0.2, 0) is 0 Å². The highest BCUT2D eigenvalue weighted by Crippen LogP contribution is 2.44. The van der Waals surface area contributed by atoms with Gasteiger partial charge in [0.25, 0.3) is 0 Å². The van der Waals surface area contributed by atoms with Crippen molar-refractivity contribution in [3.63, 3.8) is 0 Å². The Morgan fingerprint density at radius 1 is 0.243 bits per heavy atom. The highest BCUT2D eigenvalue weighted by atomic mass is 28.3. The summed E-state index contributed by atoms with van der Waals surface area (Å²) in [5.41, 5.74) is 12.8. The molecule has 0 bridgehead atoms. The maximum absolute atomic E-state index is 2.94. The minimum atomic E-state index is -2.94. The van der Waals surface area contributed by atoms with E-state index in [2.05, 4.69) is 287 Å². The maximum Gasteiger partial charge on any atom is 0.179 e. The monoisotopic (exact) mass is 907 g/mol. The van der Waals surface area contributed by atoms with Gasteiger partial charge in [-0.1, -0.05) is 224 Å². The van der Waals surface area contributed by atoms with E-state index in [9.17, 15) is 0 Å². The molecule has 0 spiro atoms. The molecule has 14 aromatic rings. The van der Waals surface area contributed by atoms with Crippen LogP contribution in [0.25, 0.3) is 93.6 Å². The molecule has 0 N–H and O–H groups in total. The molecule has 11 aromatic carbocycles. The molecule has 0 fully saturated rings. The van der Waals surface area contributed by atoms with Crippen molar-refractivity contribution >= 4 is 94.2 Å². The summed E-state index contributed by atoms with van der Waals surface area (Å²) in [7, 11) is -2.94. The predicted molar refractivity (Wildman–Crippen MR) is 299 cm³/mol. The topological polar surface area (TPSA) is 14.8 Å². The molecule has 3 nitrogen and oxygen atoms in total. The number of benzene rings is 11. The number of hydrogen-bond acceptors (Lipinski definition) is 0. The molecule has 0 saturated carbocycles. The molecule has 0 atom stereocenters. The van der Waals surface area contributed by atoms with Gasteiger partial charge >= 0.3 is 0 Å². The van der Waals surface area contributed by atoms with Gasteiger partial charge in [0, 0.05) is 37.9 Å². The van der Waals surface area contributed by atoms with Crippen molar-refractivity contribution in [1.29, 1.82) is 0 Å². The predicted octanol–water partition coefficient (Wildman–Crippen LogP) is 14.0. The van der Waals surface area contributed by atoms with E-state index in [1.165, 1.54) is 86.3 Å². The van der Waals surface area contributed by atoms with Crippen LogP contribution in [0.1, 0.15) is 0 Å². The summed E-state index contributed by atoms with van der Waals surface area (Å²) in [6, 6.07) is 101. The zero-order valence-corrected chi connectivity index (χ0v) is 39.3. The minimum absolute atomic E-state index is 1.12. The van der Waals surface area contributed by atoms with Crippen molar-refractivity contribution < 1.29 is 0 Å². The molecular formula is C66H45N3Si. The molecule has 70 heavy (non-hydrogen) atoms. The number of rotatable bonds is 8. The zero-order chi connectivity index (χ0) is 46.2. The standard InChI is InChI=1S/C66H45N3Si/c1-5-23-46(24-6-1)51-31-13-17-36-57(51)69-60-39-20-16-34-54(60)55-35-21-42-63(66(55)69)68-62-41-22-40-61(67-58-37-18-14-32-52(58)53-33-15-19-38-59(53)67)65(62)56-44-43-50(45-64(56)68)70(47-25-7-2-8-26-47,48-27-9-3-10-28-48)49-29-11-4-12-30-49/h1-45H. The first-order chi connectivity index (χ1) is 34.8. The zero-order valence-electron chi connectivity index (χ0n) is 38.3. The Balaban J connectivity index is 1.17. The number of hydrogen-bond donors (Lipinski definition) is 0. The van der Waals surface area contributed by atoms with Gasteiger partial charge in [0.05, 0.1) is 50.2 Å². The van der Waals surface area contributed by atoms with Crippen LogP contribution in [-0.4, -0.2) is 21.8 Å². The fourth-order valence-corrected chi connectivity index (χ4v) is 16.7. The highest BCUT2D eigenvalue weighted by Gasteiger charge is 2.42. The summed E-state index contributed by atoms with van der Waals surface area (Å²) < 4.78 is 7.61. The van der Waals surface area contributed by atoms with Gasteiger partial charge in [-0.25, -0.2) is 0 Å². The average molecular weight is 908 g/mol. The lowest BCUT2D eigenvalue weighted by Gasteiger charge is -2.34. The molecule has 328 valence electrons. The van der Waals surface area contributed by atoms with E-state index in [0.717, 1.165) is 28.1 Å². The maximum atomic E-state index is 2.59. The van der Waals surface area contributed by atoms with E-state index >= 15 is 0 Å². The van der Waals surface area contributed by atoms with Crippen LogP contribution in [0.2, 0.25) is 0 Å². The van der Waals surface area contributed by atoms with Crippen LogP contribution in [0, 0.1) is 0 Å². The van der Waals surface area contributed by atoms with E-state index < -0.39 is 8.07 Å². The SMILES string of the molecule is c1ccc(-c2ccccc2-n2c3ccccc3c3cccc(-n4c5cc([Si](c6ccccc6)(c6ccccc6)c6ccccc6)ccc5c5c(-n6c7ccccc7c7ccccc76)cccc54)c32)cc1. The Hall–Kier alpha value is -8.96. The van der Waals surface area contributed by atoms with Crippen LogP contribution in [0.4, 0.5) is 0 Å². The summed E-state index contributed by atoms with van der Waals surface area (Å²) in [6.07, 6.45) is 0. The third kappa shape index (κ3) is 5.87. The van der Waals surface area contributed by atoms with Crippen LogP contribution >= 0.6 is 0 Å². The van der Waals surface area contributed by atoms with Gasteiger partial charge in [-0.2, -0.15) is 0 Å². The van der Waals surface area contributed by atoms with Gasteiger partial charge in [0.15, 0.2) is 8.07 Å². The van der Waals surface area contributed by atoms with Gasteiger partial charge in [0.2, 0.25) is 0 Å². The third-order valence-corrected chi connectivity index (χ3v) is 19.6. The summed E-state index contributed by atoms with van der Waals surface area (Å²) in [4.78, 5) is 0. The fraction of sp³-hybridized carbons (Fsp3) is 0. The summed E-state index contributed by atoms with van der Waals surface area (Å²) in [5, 5.41) is 12.7. The lowest BCUT2D eigenvalue weighted by molar-refractivity contribution is 1.13. The van der Waals surface area contributed by atoms with E-state index in [1.54, 1.807) is 0 Å². The second-order valence-corrected chi connectivity index (χ2v) is 22.2. The van der Waals surface area contributed by atoms with Gasteiger partial charge < -0.3 is 13.7 Å². The van der Waals surface area contributed by atoms with E-state index in [-0.39, 0.29) is 0 Å². The van der Waals surface area contributed by atoms with Crippen LogP contribution in [0.15, 0.2) is 273 Å². The first-order valence-corrected chi connectivity index (χ1v) is 26.2. The molecule has 4 heteroatoms. The van der Waals surface area contributed by atoms with E-state index in [1.807, 2.05) is 0 Å².